The molecule has 1 heterocycles. The van der Waals surface area contributed by atoms with E-state index in [-0.39, 0.29) is 0 Å². The Morgan fingerprint density at radius 3 is 2.42 bits per heavy atom. The molecule has 0 spiro atoms. The molecule has 1 aliphatic heterocycles. The van der Waals surface area contributed by atoms with Gasteiger partial charge in [-0.1, -0.05) is 19.1 Å². The van der Waals surface area contributed by atoms with Gasteiger partial charge in [0.15, 0.2) is 0 Å². The van der Waals surface area contributed by atoms with Crippen molar-refractivity contribution < 1.29 is 9.47 Å². The van der Waals surface area contributed by atoms with Gasteiger partial charge in [0.2, 0.25) is 0 Å². The quantitative estimate of drug-likeness (QED) is 0.867. The van der Waals surface area contributed by atoms with Crippen molar-refractivity contribution in [2.24, 2.45) is 5.92 Å². The molecule has 1 aromatic carbocycles. The highest BCUT2D eigenvalue weighted by Gasteiger charge is 2.25. The molecule has 0 radical (unpaired) electrons. The minimum atomic E-state index is 0.416. The van der Waals surface area contributed by atoms with Crippen molar-refractivity contribution in [3.05, 3.63) is 29.8 Å². The topological polar surface area (TPSA) is 33.7 Å². The Labute approximate surface area is 146 Å². The number of benzene rings is 1. The molecule has 3 rings (SSSR count). The molecule has 0 bridgehead atoms. The fourth-order valence-corrected chi connectivity index (χ4v) is 3.92. The fourth-order valence-electron chi connectivity index (χ4n) is 3.92. The molecule has 1 aromatic rings. The van der Waals surface area contributed by atoms with Crippen LogP contribution in [0.25, 0.3) is 0 Å². The zero-order valence-electron chi connectivity index (χ0n) is 15.2. The van der Waals surface area contributed by atoms with Crippen LogP contribution < -0.4 is 10.1 Å². The highest BCUT2D eigenvalue weighted by atomic mass is 16.5. The normalized spacial score (nSPS) is 26.9. The standard InChI is InChI=1S/C20H32N2O2/c1-16-3-7-18(8-4-16)21-15-20(22-11-13-24-14-12-22)17-5-9-19(23-2)10-6-17/h5-6,9-10,16,18,20-21H,3-4,7-8,11-15H2,1-2H3. The third-order valence-corrected chi connectivity index (χ3v) is 5.60. The summed E-state index contributed by atoms with van der Waals surface area (Å²) in [6, 6.07) is 9.67. The highest BCUT2D eigenvalue weighted by Crippen LogP contribution is 2.26. The van der Waals surface area contributed by atoms with E-state index in [0.29, 0.717) is 12.1 Å². The first-order chi connectivity index (χ1) is 11.8. The van der Waals surface area contributed by atoms with Gasteiger partial charge in [0.1, 0.15) is 5.75 Å². The first kappa shape index (κ1) is 17.7. The number of hydrogen-bond donors (Lipinski definition) is 1. The molecule has 1 N–H and O–H groups in total. The van der Waals surface area contributed by atoms with E-state index in [9.17, 15) is 0 Å². The third-order valence-electron chi connectivity index (χ3n) is 5.60. The molecule has 1 atom stereocenters. The van der Waals surface area contributed by atoms with Gasteiger partial charge >= 0.3 is 0 Å². The van der Waals surface area contributed by atoms with Gasteiger partial charge < -0.3 is 14.8 Å². The largest absolute Gasteiger partial charge is 0.497 e. The first-order valence-electron chi connectivity index (χ1n) is 9.45. The zero-order chi connectivity index (χ0) is 16.8. The Hall–Kier alpha value is -1.10. The molecule has 1 saturated heterocycles. The van der Waals surface area contributed by atoms with Crippen LogP contribution in [0.5, 0.6) is 5.75 Å². The van der Waals surface area contributed by atoms with Crippen LogP contribution >= 0.6 is 0 Å². The monoisotopic (exact) mass is 332 g/mol. The van der Waals surface area contributed by atoms with Gasteiger partial charge in [-0.3, -0.25) is 4.90 Å². The summed E-state index contributed by atoms with van der Waals surface area (Å²) in [6.07, 6.45) is 5.37. The number of methoxy groups -OCH3 is 1. The Balaban J connectivity index is 1.64. The van der Waals surface area contributed by atoms with Gasteiger partial charge in [-0.25, -0.2) is 0 Å². The maximum Gasteiger partial charge on any atom is 0.118 e. The summed E-state index contributed by atoms with van der Waals surface area (Å²) in [5.41, 5.74) is 1.37. The summed E-state index contributed by atoms with van der Waals surface area (Å²) < 4.78 is 10.9. The predicted octanol–water partition coefficient (Wildman–Crippen LogP) is 3.24. The van der Waals surface area contributed by atoms with Gasteiger partial charge in [0.05, 0.1) is 20.3 Å². The molecule has 134 valence electrons. The molecule has 0 amide bonds. The summed E-state index contributed by atoms with van der Waals surface area (Å²) in [5.74, 6) is 1.83. The van der Waals surface area contributed by atoms with Crippen molar-refractivity contribution in [1.29, 1.82) is 0 Å². The molecule has 1 unspecified atom stereocenters. The number of ether oxygens (including phenoxy) is 2. The molecular weight excluding hydrogens is 300 g/mol. The van der Waals surface area contributed by atoms with E-state index >= 15 is 0 Å². The van der Waals surface area contributed by atoms with Crippen molar-refractivity contribution in [3.8, 4) is 5.75 Å². The van der Waals surface area contributed by atoms with Crippen molar-refractivity contribution in [2.75, 3.05) is 40.0 Å². The van der Waals surface area contributed by atoms with Crippen LogP contribution in [0.15, 0.2) is 24.3 Å². The highest BCUT2D eigenvalue weighted by molar-refractivity contribution is 5.29. The second-order valence-corrected chi connectivity index (χ2v) is 7.30. The van der Waals surface area contributed by atoms with Gasteiger partial charge in [-0.05, 0) is 49.3 Å². The predicted molar refractivity (Wildman–Crippen MR) is 97.5 cm³/mol. The number of morpholine rings is 1. The first-order valence-corrected chi connectivity index (χ1v) is 9.45. The second kappa shape index (κ2) is 8.84. The van der Waals surface area contributed by atoms with Gasteiger partial charge in [-0.15, -0.1) is 0 Å². The molecule has 2 aliphatic rings. The van der Waals surface area contributed by atoms with Crippen LogP contribution in [0.4, 0.5) is 0 Å². The summed E-state index contributed by atoms with van der Waals surface area (Å²) >= 11 is 0. The van der Waals surface area contributed by atoms with E-state index in [2.05, 4.69) is 41.4 Å². The van der Waals surface area contributed by atoms with Crippen LogP contribution in [-0.4, -0.2) is 50.9 Å². The second-order valence-electron chi connectivity index (χ2n) is 7.30. The van der Waals surface area contributed by atoms with Crippen LogP contribution in [-0.2, 0) is 4.74 Å². The minimum Gasteiger partial charge on any atom is -0.497 e. The van der Waals surface area contributed by atoms with E-state index in [4.69, 9.17) is 9.47 Å². The molecule has 2 fully saturated rings. The summed E-state index contributed by atoms with van der Waals surface area (Å²) in [7, 11) is 1.72. The Morgan fingerprint density at radius 1 is 1.12 bits per heavy atom. The summed E-state index contributed by atoms with van der Waals surface area (Å²) in [4.78, 5) is 2.56. The van der Waals surface area contributed by atoms with E-state index in [1.165, 1.54) is 31.2 Å². The lowest BCUT2D eigenvalue weighted by atomic mass is 9.87. The van der Waals surface area contributed by atoms with E-state index in [1.807, 2.05) is 0 Å². The third kappa shape index (κ3) is 4.71. The van der Waals surface area contributed by atoms with Crippen LogP contribution in [0.3, 0.4) is 0 Å². The van der Waals surface area contributed by atoms with E-state index in [0.717, 1.165) is 44.5 Å². The lowest BCUT2D eigenvalue weighted by molar-refractivity contribution is 0.0153. The maximum atomic E-state index is 5.55. The van der Waals surface area contributed by atoms with Crippen molar-refractivity contribution in [3.63, 3.8) is 0 Å². The van der Waals surface area contributed by atoms with Gasteiger partial charge in [0.25, 0.3) is 0 Å². The summed E-state index contributed by atoms with van der Waals surface area (Å²) in [5, 5.41) is 3.85. The Kier molecular flexibility index (Phi) is 6.52. The maximum absolute atomic E-state index is 5.55. The number of rotatable bonds is 6. The van der Waals surface area contributed by atoms with Crippen LogP contribution in [0.1, 0.15) is 44.2 Å². The summed E-state index contributed by atoms with van der Waals surface area (Å²) in [6.45, 7) is 7.11. The number of hydrogen-bond acceptors (Lipinski definition) is 4. The average Bonchev–Trinajstić information content (AvgIpc) is 2.65. The Bertz CT molecular complexity index is 477. The average molecular weight is 332 g/mol. The molecule has 4 heteroatoms. The minimum absolute atomic E-state index is 0.416. The smallest absolute Gasteiger partial charge is 0.118 e. The SMILES string of the molecule is COc1ccc(C(CNC2CCC(C)CC2)N2CCOCC2)cc1. The van der Waals surface area contributed by atoms with Gasteiger partial charge in [-0.2, -0.15) is 0 Å². The van der Waals surface area contributed by atoms with E-state index in [1.54, 1.807) is 7.11 Å². The van der Waals surface area contributed by atoms with Gasteiger partial charge in [0, 0.05) is 31.7 Å². The molecule has 0 aromatic heterocycles. The molecule has 4 nitrogen and oxygen atoms in total. The Morgan fingerprint density at radius 2 is 1.79 bits per heavy atom. The molecular formula is C20H32N2O2. The van der Waals surface area contributed by atoms with E-state index < -0.39 is 0 Å². The van der Waals surface area contributed by atoms with Crippen molar-refractivity contribution in [1.82, 2.24) is 10.2 Å². The van der Waals surface area contributed by atoms with Crippen molar-refractivity contribution in [2.45, 2.75) is 44.7 Å². The number of nitrogens with one attached hydrogen (secondary N) is 1. The van der Waals surface area contributed by atoms with Crippen LogP contribution in [0.2, 0.25) is 0 Å². The lowest BCUT2D eigenvalue weighted by Crippen LogP contribution is -2.45. The van der Waals surface area contributed by atoms with Crippen LogP contribution in [0, 0.1) is 5.92 Å². The fraction of sp³-hybridized carbons (Fsp3) is 0.700. The molecule has 1 saturated carbocycles. The van der Waals surface area contributed by atoms with Crippen molar-refractivity contribution >= 4 is 0 Å². The zero-order valence-corrected chi connectivity index (χ0v) is 15.2. The molecule has 24 heavy (non-hydrogen) atoms. The molecule has 1 aliphatic carbocycles. The number of nitrogens with zero attached hydrogens (tertiary/aromatic N) is 1. The lowest BCUT2D eigenvalue weighted by Gasteiger charge is -2.36.